The van der Waals surface area contributed by atoms with Gasteiger partial charge < -0.3 is 15.9 Å². The molecule has 2 aromatic carbocycles. The van der Waals surface area contributed by atoms with E-state index in [-0.39, 0.29) is 21.0 Å². The van der Waals surface area contributed by atoms with E-state index in [4.69, 9.17) is 22.4 Å². The van der Waals surface area contributed by atoms with Crippen LogP contribution in [-0.4, -0.2) is 56.3 Å². The Kier molecular flexibility index (Phi) is 14.4. The molecule has 0 aliphatic rings. The maximum absolute atomic E-state index is 13.5. The predicted octanol–water partition coefficient (Wildman–Crippen LogP) is 6.02. The van der Waals surface area contributed by atoms with Crippen LogP contribution in [-0.2, 0) is 10.0 Å². The Labute approximate surface area is 258 Å². The number of hydrogen-bond donors (Lipinski definition) is 4. The van der Waals surface area contributed by atoms with Gasteiger partial charge in [0.05, 0.1) is 35.4 Å². The van der Waals surface area contributed by atoms with Crippen LogP contribution in [0.4, 0.5) is 43.9 Å². The van der Waals surface area contributed by atoms with Crippen LogP contribution in [0.25, 0.3) is 0 Å². The van der Waals surface area contributed by atoms with E-state index in [1.807, 2.05) is 0 Å². The quantitative estimate of drug-likeness (QED) is 0.202. The van der Waals surface area contributed by atoms with Crippen molar-refractivity contribution in [1.29, 1.82) is 0 Å². The average molecular weight is 727 g/mol. The summed E-state index contributed by atoms with van der Waals surface area (Å²) in [5.74, 6) is -9.77. The Balaban J connectivity index is 0.000000469. The first-order chi connectivity index (χ1) is 19.7. The second-order valence-electron chi connectivity index (χ2n) is 8.76. The van der Waals surface area contributed by atoms with Gasteiger partial charge in [0.25, 0.3) is 0 Å². The SMILES string of the molecule is Cl.N[C@H](CO)[C@@H](c1cc(F)cc(F)c1)C(F)(F)F.O=S(=O)(N[C@H](CO)[C@@H](c1cc(F)cc(F)c1)C(F)(F)F)c1ccc(Cl)s1. The van der Waals surface area contributed by atoms with Crippen LogP contribution < -0.4 is 10.5 Å². The fourth-order valence-corrected chi connectivity index (χ4v) is 6.59. The van der Waals surface area contributed by atoms with Crippen molar-refractivity contribution < 1.29 is 62.5 Å². The largest absolute Gasteiger partial charge is 0.397 e. The maximum atomic E-state index is 13.5. The molecule has 3 aromatic rings. The number of nitrogens with two attached hydrogens (primary N) is 1. The summed E-state index contributed by atoms with van der Waals surface area (Å²) in [7, 11) is -4.45. The second-order valence-corrected chi connectivity index (χ2v) is 12.4. The molecule has 0 saturated carbocycles. The lowest BCUT2D eigenvalue weighted by atomic mass is 9.91. The van der Waals surface area contributed by atoms with E-state index in [0.29, 0.717) is 47.7 Å². The first-order valence-electron chi connectivity index (χ1n) is 11.5. The standard InChI is InChI=1S/C14H11ClF5NO3S2.C10H10F5NO.ClH/c15-11-1-2-12(25-11)26(23,24)21-10(6-22)13(14(18,19)20)7-3-8(16)5-9(17)4-7;11-6-1-5(2-7(12)3-6)9(8(16)4-17)10(13,14)15;/h1-5,10,13,21-22H,6H2;1-3,8-9,17H,4,16H2;1H/t10-,13-;8-,9-;/m11./s1. The van der Waals surface area contributed by atoms with Gasteiger partial charge in [0.2, 0.25) is 10.0 Å². The van der Waals surface area contributed by atoms with Gasteiger partial charge in [-0.1, -0.05) is 11.6 Å². The minimum atomic E-state index is -5.09. The predicted molar refractivity (Wildman–Crippen MR) is 143 cm³/mol. The van der Waals surface area contributed by atoms with E-state index in [9.17, 15) is 57.4 Å². The minimum absolute atomic E-state index is 0. The zero-order valence-electron chi connectivity index (χ0n) is 21.5. The van der Waals surface area contributed by atoms with Crippen LogP contribution in [0, 0.1) is 23.3 Å². The van der Waals surface area contributed by atoms with Crippen LogP contribution in [0.15, 0.2) is 52.7 Å². The zero-order valence-corrected chi connectivity index (χ0v) is 24.7. The second kappa shape index (κ2) is 15.9. The fraction of sp³-hybridized carbons (Fsp3) is 0.333. The molecule has 0 fully saturated rings. The Bertz CT molecular complexity index is 1450. The van der Waals surface area contributed by atoms with Crippen LogP contribution in [0.3, 0.4) is 0 Å². The molecular formula is C24H22Cl2F10N2O4S2. The van der Waals surface area contributed by atoms with Gasteiger partial charge >= 0.3 is 12.4 Å². The van der Waals surface area contributed by atoms with Gasteiger partial charge in [0.1, 0.15) is 27.5 Å². The van der Waals surface area contributed by atoms with Crippen molar-refractivity contribution in [1.82, 2.24) is 4.72 Å². The summed E-state index contributed by atoms with van der Waals surface area (Å²) >= 11 is 6.22. The van der Waals surface area contributed by atoms with Gasteiger partial charge in [-0.05, 0) is 47.5 Å². The van der Waals surface area contributed by atoms with Gasteiger partial charge in [-0.3, -0.25) is 0 Å². The minimum Gasteiger partial charge on any atom is -0.395 e. The molecule has 0 spiro atoms. The number of thiophene rings is 1. The molecule has 0 bridgehead atoms. The molecule has 1 heterocycles. The van der Waals surface area contributed by atoms with Crippen molar-refractivity contribution >= 4 is 45.4 Å². The first-order valence-corrected chi connectivity index (χ1v) is 14.2. The normalized spacial score (nSPS) is 15.0. The smallest absolute Gasteiger partial charge is 0.395 e. The third-order valence-corrected chi connectivity index (χ3v) is 8.76. The molecule has 0 radical (unpaired) electrons. The Hall–Kier alpha value is -2.19. The highest BCUT2D eigenvalue weighted by atomic mass is 35.5. The third-order valence-electron chi connectivity index (χ3n) is 5.55. The molecule has 6 nitrogen and oxygen atoms in total. The number of halogens is 12. The Morgan fingerprint density at radius 1 is 0.773 bits per heavy atom. The van der Waals surface area contributed by atoms with Gasteiger partial charge in [0, 0.05) is 18.2 Å². The molecule has 1 aromatic heterocycles. The van der Waals surface area contributed by atoms with Crippen molar-refractivity contribution in [3.63, 3.8) is 0 Å². The highest BCUT2D eigenvalue weighted by Crippen LogP contribution is 2.39. The Morgan fingerprint density at radius 3 is 1.50 bits per heavy atom. The van der Waals surface area contributed by atoms with Crippen LogP contribution in [0.5, 0.6) is 0 Å². The molecule has 0 amide bonds. The number of hydrogen-bond acceptors (Lipinski definition) is 6. The Morgan fingerprint density at radius 2 is 1.18 bits per heavy atom. The summed E-state index contributed by atoms with van der Waals surface area (Å²) in [6.45, 7) is -2.21. The van der Waals surface area contributed by atoms with E-state index in [0.717, 1.165) is 6.07 Å². The number of benzene rings is 2. The first kappa shape index (κ1) is 39.8. The highest BCUT2D eigenvalue weighted by molar-refractivity contribution is 7.91. The van der Waals surface area contributed by atoms with E-state index in [1.165, 1.54) is 6.07 Å². The van der Waals surface area contributed by atoms with Crippen LogP contribution in [0.1, 0.15) is 23.0 Å². The molecule has 5 N–H and O–H groups in total. The lowest BCUT2D eigenvalue weighted by Gasteiger charge is -2.28. The maximum Gasteiger partial charge on any atom is 0.397 e. The third kappa shape index (κ3) is 11.0. The van der Waals surface area contributed by atoms with Gasteiger partial charge in [0.15, 0.2) is 0 Å². The van der Waals surface area contributed by atoms with Crippen molar-refractivity contribution in [2.75, 3.05) is 13.2 Å². The fourth-order valence-electron chi connectivity index (χ4n) is 3.85. The number of rotatable bonds is 9. The molecule has 0 saturated heterocycles. The molecule has 4 atom stereocenters. The molecule has 3 rings (SSSR count). The number of alkyl halides is 6. The average Bonchev–Trinajstić information content (AvgIpc) is 3.28. The monoisotopic (exact) mass is 726 g/mol. The number of nitrogens with one attached hydrogen (secondary N) is 1. The van der Waals surface area contributed by atoms with Crippen molar-refractivity contribution in [3.8, 4) is 0 Å². The summed E-state index contributed by atoms with van der Waals surface area (Å²) in [4.78, 5) is 0. The van der Waals surface area contributed by atoms with Gasteiger partial charge in [-0.15, -0.1) is 23.7 Å². The van der Waals surface area contributed by atoms with Crippen molar-refractivity contribution in [2.45, 2.75) is 40.5 Å². The lowest BCUT2D eigenvalue weighted by Crippen LogP contribution is -2.46. The molecule has 0 unspecified atom stereocenters. The van der Waals surface area contributed by atoms with E-state index >= 15 is 0 Å². The topological polar surface area (TPSA) is 113 Å². The van der Waals surface area contributed by atoms with Crippen LogP contribution in [0.2, 0.25) is 4.34 Å². The van der Waals surface area contributed by atoms with E-state index in [2.05, 4.69) is 0 Å². The molecule has 0 aliphatic carbocycles. The summed E-state index contributed by atoms with van der Waals surface area (Å²) < 4.78 is 157. The zero-order chi connectivity index (χ0) is 32.9. The van der Waals surface area contributed by atoms with Crippen molar-refractivity contribution in [3.05, 3.63) is 87.3 Å². The van der Waals surface area contributed by atoms with Crippen molar-refractivity contribution in [2.24, 2.45) is 5.73 Å². The molecular weight excluding hydrogens is 705 g/mol. The molecule has 248 valence electrons. The molecule has 44 heavy (non-hydrogen) atoms. The van der Waals surface area contributed by atoms with Gasteiger partial charge in [-0.25, -0.2) is 30.7 Å². The number of sulfonamides is 1. The van der Waals surface area contributed by atoms with Crippen LogP contribution >= 0.6 is 35.3 Å². The number of aliphatic hydroxyl groups is 2. The summed E-state index contributed by atoms with van der Waals surface area (Å²) in [6, 6.07) is 1.34. The number of aliphatic hydroxyl groups excluding tert-OH is 2. The lowest BCUT2D eigenvalue weighted by molar-refractivity contribution is -0.158. The van der Waals surface area contributed by atoms with E-state index < -0.39 is 93.9 Å². The summed E-state index contributed by atoms with van der Waals surface area (Å²) in [5.41, 5.74) is 3.62. The van der Waals surface area contributed by atoms with E-state index in [1.54, 1.807) is 4.72 Å². The summed E-state index contributed by atoms with van der Waals surface area (Å²) in [6.07, 6.45) is -9.88. The highest BCUT2D eigenvalue weighted by Gasteiger charge is 2.47. The summed E-state index contributed by atoms with van der Waals surface area (Å²) in [5, 5.41) is 18.0. The molecule has 20 heteroatoms. The molecule has 0 aliphatic heterocycles. The van der Waals surface area contributed by atoms with Gasteiger partial charge in [-0.2, -0.15) is 26.3 Å².